The van der Waals surface area contributed by atoms with Crippen LogP contribution in [0.2, 0.25) is 0 Å². The second-order valence-corrected chi connectivity index (χ2v) is 2.57. The van der Waals surface area contributed by atoms with Gasteiger partial charge in [-0.05, 0) is 6.07 Å². The molecule has 0 saturated heterocycles. The van der Waals surface area contributed by atoms with E-state index in [9.17, 15) is 4.79 Å². The molecule has 4 nitrogen and oxygen atoms in total. The maximum Gasteiger partial charge on any atom is 0.255 e. The first-order valence-electron chi connectivity index (χ1n) is 4.16. The molecule has 0 bridgehead atoms. The molecule has 0 unspecified atom stereocenters. The average molecular weight is 192 g/mol. The largest absolute Gasteiger partial charge is 0.494 e. The Morgan fingerprint density at radius 3 is 3.21 bits per heavy atom. The highest BCUT2D eigenvalue weighted by Crippen LogP contribution is 2.14. The number of ether oxygens (including phenoxy) is 1. The van der Waals surface area contributed by atoms with E-state index in [-0.39, 0.29) is 5.91 Å². The van der Waals surface area contributed by atoms with E-state index in [2.05, 4.69) is 16.9 Å². The molecule has 1 N–H and O–H groups in total. The van der Waals surface area contributed by atoms with Crippen LogP contribution in [0.3, 0.4) is 0 Å². The molecule has 0 saturated carbocycles. The highest BCUT2D eigenvalue weighted by molar-refractivity contribution is 5.96. The van der Waals surface area contributed by atoms with E-state index in [0.717, 1.165) is 0 Å². The third-order valence-corrected chi connectivity index (χ3v) is 1.66. The number of carbonyl (C=O) groups excluding carboxylic acids is 1. The SMILES string of the molecule is C=CCNC(=O)c1ccncc1OC. The Morgan fingerprint density at radius 1 is 1.79 bits per heavy atom. The molecule has 0 aliphatic rings. The van der Waals surface area contributed by atoms with Gasteiger partial charge in [-0.1, -0.05) is 6.08 Å². The van der Waals surface area contributed by atoms with Gasteiger partial charge in [0.25, 0.3) is 5.91 Å². The lowest BCUT2D eigenvalue weighted by molar-refractivity contribution is 0.0955. The predicted octanol–water partition coefficient (Wildman–Crippen LogP) is 1.01. The van der Waals surface area contributed by atoms with Crippen LogP contribution in [0.4, 0.5) is 0 Å². The number of amides is 1. The van der Waals surface area contributed by atoms with Crippen molar-refractivity contribution in [2.24, 2.45) is 0 Å². The first-order valence-corrected chi connectivity index (χ1v) is 4.16. The summed E-state index contributed by atoms with van der Waals surface area (Å²) in [4.78, 5) is 15.4. The van der Waals surface area contributed by atoms with E-state index >= 15 is 0 Å². The summed E-state index contributed by atoms with van der Waals surface area (Å²) >= 11 is 0. The minimum absolute atomic E-state index is 0.191. The summed E-state index contributed by atoms with van der Waals surface area (Å²) in [5, 5.41) is 2.66. The van der Waals surface area contributed by atoms with Crippen molar-refractivity contribution in [3.63, 3.8) is 0 Å². The second-order valence-electron chi connectivity index (χ2n) is 2.57. The molecule has 0 aliphatic carbocycles. The van der Waals surface area contributed by atoms with Crippen molar-refractivity contribution in [2.75, 3.05) is 13.7 Å². The highest BCUT2D eigenvalue weighted by atomic mass is 16.5. The first-order chi connectivity index (χ1) is 6.79. The van der Waals surface area contributed by atoms with Crippen molar-refractivity contribution in [1.29, 1.82) is 0 Å². The van der Waals surface area contributed by atoms with Crippen LogP contribution in [-0.2, 0) is 0 Å². The number of carbonyl (C=O) groups is 1. The van der Waals surface area contributed by atoms with E-state index in [4.69, 9.17) is 4.74 Å². The Balaban J connectivity index is 2.82. The normalized spacial score (nSPS) is 9.21. The quantitative estimate of drug-likeness (QED) is 0.724. The Morgan fingerprint density at radius 2 is 2.57 bits per heavy atom. The third kappa shape index (κ3) is 2.32. The van der Waals surface area contributed by atoms with Crippen LogP contribution in [0, 0.1) is 0 Å². The number of methoxy groups -OCH3 is 1. The summed E-state index contributed by atoms with van der Waals surface area (Å²) in [6.45, 7) is 3.95. The van der Waals surface area contributed by atoms with Gasteiger partial charge in [0.15, 0.2) is 0 Å². The molecule has 74 valence electrons. The van der Waals surface area contributed by atoms with Crippen LogP contribution in [0.15, 0.2) is 31.1 Å². The minimum atomic E-state index is -0.191. The van der Waals surface area contributed by atoms with Crippen LogP contribution in [-0.4, -0.2) is 24.5 Å². The Kier molecular flexibility index (Phi) is 3.67. The van der Waals surface area contributed by atoms with Crippen molar-refractivity contribution in [1.82, 2.24) is 10.3 Å². The van der Waals surface area contributed by atoms with Gasteiger partial charge in [-0.15, -0.1) is 6.58 Å². The third-order valence-electron chi connectivity index (χ3n) is 1.66. The van der Waals surface area contributed by atoms with Crippen LogP contribution in [0.5, 0.6) is 5.75 Å². The Labute approximate surface area is 82.6 Å². The highest BCUT2D eigenvalue weighted by Gasteiger charge is 2.09. The van der Waals surface area contributed by atoms with Crippen molar-refractivity contribution in [3.8, 4) is 5.75 Å². The minimum Gasteiger partial charge on any atom is -0.494 e. The number of aromatic nitrogens is 1. The predicted molar refractivity (Wildman–Crippen MR) is 53.3 cm³/mol. The van der Waals surface area contributed by atoms with Gasteiger partial charge in [0, 0.05) is 12.7 Å². The zero-order chi connectivity index (χ0) is 10.4. The molecule has 1 aromatic rings. The van der Waals surface area contributed by atoms with Crippen molar-refractivity contribution in [2.45, 2.75) is 0 Å². The lowest BCUT2D eigenvalue weighted by Crippen LogP contribution is -2.23. The van der Waals surface area contributed by atoms with Crippen molar-refractivity contribution < 1.29 is 9.53 Å². The van der Waals surface area contributed by atoms with Crippen LogP contribution >= 0.6 is 0 Å². The standard InChI is InChI=1S/C10H12N2O2/c1-3-5-12-10(13)8-4-6-11-7-9(8)14-2/h3-4,6-7H,1,5H2,2H3,(H,12,13). The molecular formula is C10H12N2O2. The summed E-state index contributed by atoms with van der Waals surface area (Å²) in [7, 11) is 1.50. The van der Waals surface area contributed by atoms with Gasteiger partial charge >= 0.3 is 0 Å². The second kappa shape index (κ2) is 5.01. The number of hydrogen-bond donors (Lipinski definition) is 1. The van der Waals surface area contributed by atoms with E-state index in [1.807, 2.05) is 0 Å². The van der Waals surface area contributed by atoms with Gasteiger partial charge in [0.05, 0.1) is 18.9 Å². The van der Waals surface area contributed by atoms with Crippen LogP contribution in [0.25, 0.3) is 0 Å². The van der Waals surface area contributed by atoms with Crippen LogP contribution < -0.4 is 10.1 Å². The Bertz CT molecular complexity index is 337. The van der Waals surface area contributed by atoms with Gasteiger partial charge in [-0.3, -0.25) is 9.78 Å². The van der Waals surface area contributed by atoms with Gasteiger partial charge < -0.3 is 10.1 Å². The molecule has 1 aromatic heterocycles. The molecule has 0 atom stereocenters. The maximum atomic E-state index is 11.5. The molecular weight excluding hydrogens is 180 g/mol. The number of rotatable bonds is 4. The molecule has 0 spiro atoms. The molecule has 0 fully saturated rings. The molecule has 4 heteroatoms. The molecule has 0 aromatic carbocycles. The smallest absolute Gasteiger partial charge is 0.255 e. The fourth-order valence-corrected chi connectivity index (χ4v) is 0.990. The fraction of sp³-hybridized carbons (Fsp3) is 0.200. The fourth-order valence-electron chi connectivity index (χ4n) is 0.990. The average Bonchev–Trinajstić information content (AvgIpc) is 2.25. The van der Waals surface area contributed by atoms with E-state index in [1.54, 1.807) is 18.3 Å². The van der Waals surface area contributed by atoms with E-state index < -0.39 is 0 Å². The van der Waals surface area contributed by atoms with E-state index in [0.29, 0.717) is 17.9 Å². The molecule has 1 amide bonds. The lowest BCUT2D eigenvalue weighted by Gasteiger charge is -2.06. The molecule has 14 heavy (non-hydrogen) atoms. The summed E-state index contributed by atoms with van der Waals surface area (Å²) in [6, 6.07) is 1.61. The van der Waals surface area contributed by atoms with E-state index in [1.165, 1.54) is 13.3 Å². The number of nitrogens with zero attached hydrogens (tertiary/aromatic N) is 1. The summed E-state index contributed by atoms with van der Waals surface area (Å²) in [5.74, 6) is 0.276. The number of pyridine rings is 1. The summed E-state index contributed by atoms with van der Waals surface area (Å²) in [6.07, 6.45) is 4.67. The molecule has 0 aliphatic heterocycles. The lowest BCUT2D eigenvalue weighted by atomic mass is 10.2. The maximum absolute atomic E-state index is 11.5. The van der Waals surface area contributed by atoms with Gasteiger partial charge in [-0.25, -0.2) is 0 Å². The van der Waals surface area contributed by atoms with Crippen LogP contribution in [0.1, 0.15) is 10.4 Å². The molecule has 1 heterocycles. The zero-order valence-corrected chi connectivity index (χ0v) is 7.99. The van der Waals surface area contributed by atoms with Gasteiger partial charge in [0.1, 0.15) is 5.75 Å². The van der Waals surface area contributed by atoms with Gasteiger partial charge in [0.2, 0.25) is 0 Å². The molecule has 0 radical (unpaired) electrons. The monoisotopic (exact) mass is 192 g/mol. The van der Waals surface area contributed by atoms with Crippen molar-refractivity contribution in [3.05, 3.63) is 36.7 Å². The molecule has 1 rings (SSSR count). The van der Waals surface area contributed by atoms with Crippen molar-refractivity contribution >= 4 is 5.91 Å². The zero-order valence-electron chi connectivity index (χ0n) is 7.99. The Hall–Kier alpha value is -1.84. The first kappa shape index (κ1) is 10.2. The summed E-state index contributed by atoms with van der Waals surface area (Å²) in [5.41, 5.74) is 0.476. The van der Waals surface area contributed by atoms with Gasteiger partial charge in [-0.2, -0.15) is 0 Å². The number of hydrogen-bond acceptors (Lipinski definition) is 3. The topological polar surface area (TPSA) is 51.2 Å². The number of nitrogens with one attached hydrogen (secondary N) is 1. The summed E-state index contributed by atoms with van der Waals surface area (Å²) < 4.78 is 5.00.